The number of hydrogen-bond acceptors (Lipinski definition) is 5. The molecule has 8 heteroatoms. The van der Waals surface area contributed by atoms with Crippen molar-refractivity contribution in [2.24, 2.45) is 0 Å². The fourth-order valence-corrected chi connectivity index (χ4v) is 3.98. The molecule has 2 fully saturated rings. The lowest BCUT2D eigenvalue weighted by atomic mass is 9.90. The first-order valence-electron chi connectivity index (χ1n) is 9.49. The van der Waals surface area contributed by atoms with Crippen LogP contribution in [0.1, 0.15) is 23.2 Å². The molecule has 29 heavy (non-hydrogen) atoms. The summed E-state index contributed by atoms with van der Waals surface area (Å²) in [4.78, 5) is 33.0. The number of carbonyl (C=O) groups excluding carboxylic acids is 2. The van der Waals surface area contributed by atoms with Gasteiger partial charge in [-0.15, -0.1) is 0 Å². The number of methoxy groups -OCH3 is 1. The fraction of sp³-hybridized carbons (Fsp3) is 0.381. The Morgan fingerprint density at radius 3 is 2.79 bits per heavy atom. The van der Waals surface area contributed by atoms with Gasteiger partial charge >= 0.3 is 0 Å². The van der Waals surface area contributed by atoms with Gasteiger partial charge in [0, 0.05) is 18.4 Å². The molecule has 1 aromatic carbocycles. The van der Waals surface area contributed by atoms with E-state index in [0.29, 0.717) is 30.9 Å². The van der Waals surface area contributed by atoms with Gasteiger partial charge in [-0.05, 0) is 49.2 Å². The number of aromatic nitrogens is 1. The molecule has 2 saturated heterocycles. The van der Waals surface area contributed by atoms with Crippen molar-refractivity contribution in [3.8, 4) is 5.88 Å². The van der Waals surface area contributed by atoms with Crippen LogP contribution in [-0.2, 0) is 9.53 Å². The lowest BCUT2D eigenvalue weighted by Crippen LogP contribution is -2.62. The van der Waals surface area contributed by atoms with Crippen molar-refractivity contribution in [2.45, 2.75) is 18.4 Å². The Morgan fingerprint density at radius 1 is 1.24 bits per heavy atom. The summed E-state index contributed by atoms with van der Waals surface area (Å²) in [5.41, 5.74) is 0.358. The number of halogens is 1. The average Bonchev–Trinajstić information content (AvgIpc) is 2.76. The minimum atomic E-state index is -0.661. The molecule has 152 valence electrons. The highest BCUT2D eigenvalue weighted by Crippen LogP contribution is 2.33. The molecule has 1 aromatic heterocycles. The molecule has 0 radical (unpaired) electrons. The Kier molecular flexibility index (Phi) is 5.19. The standard InChI is InChI=1S/C21H22FN3O4/c1-28-19-17(4-2-10-23-19)20(27)24-11-3-9-21(13-24)14-25(18(26)12-29-21)16-7-5-15(22)6-8-16/h2,4-8,10H,3,9,11-14H2,1H3. The maximum Gasteiger partial charge on any atom is 0.259 e. The molecule has 1 unspecified atom stereocenters. The third-order valence-corrected chi connectivity index (χ3v) is 5.41. The Morgan fingerprint density at radius 2 is 2.03 bits per heavy atom. The number of piperidine rings is 1. The van der Waals surface area contributed by atoms with E-state index >= 15 is 0 Å². The Labute approximate surface area is 168 Å². The largest absolute Gasteiger partial charge is 0.480 e. The molecule has 7 nitrogen and oxygen atoms in total. The van der Waals surface area contributed by atoms with Gasteiger partial charge in [-0.2, -0.15) is 0 Å². The van der Waals surface area contributed by atoms with Crippen LogP contribution in [0.5, 0.6) is 5.88 Å². The molecule has 0 bridgehead atoms. The second kappa shape index (κ2) is 7.79. The number of amides is 2. The lowest BCUT2D eigenvalue weighted by molar-refractivity contribution is -0.144. The first kappa shape index (κ1) is 19.3. The van der Waals surface area contributed by atoms with Crippen molar-refractivity contribution in [3.63, 3.8) is 0 Å². The Hall–Kier alpha value is -3.00. The molecule has 0 N–H and O–H groups in total. The van der Waals surface area contributed by atoms with Gasteiger partial charge in [-0.1, -0.05) is 0 Å². The van der Waals surface area contributed by atoms with Gasteiger partial charge in [0.1, 0.15) is 23.6 Å². The number of likely N-dealkylation sites (tertiary alicyclic amines) is 1. The van der Waals surface area contributed by atoms with Gasteiger partial charge in [-0.25, -0.2) is 9.37 Å². The first-order chi connectivity index (χ1) is 14.0. The second-order valence-corrected chi connectivity index (χ2v) is 7.32. The van der Waals surface area contributed by atoms with E-state index in [0.717, 1.165) is 12.8 Å². The number of ether oxygens (including phenoxy) is 2. The average molecular weight is 399 g/mol. The quantitative estimate of drug-likeness (QED) is 0.792. The molecule has 4 rings (SSSR count). The van der Waals surface area contributed by atoms with Crippen molar-refractivity contribution in [1.82, 2.24) is 9.88 Å². The zero-order chi connectivity index (χ0) is 20.4. The van der Waals surface area contributed by atoms with Gasteiger partial charge in [0.2, 0.25) is 5.88 Å². The van der Waals surface area contributed by atoms with Crippen molar-refractivity contribution in [1.29, 1.82) is 0 Å². The van der Waals surface area contributed by atoms with E-state index in [1.54, 1.807) is 40.3 Å². The number of hydrogen-bond donors (Lipinski definition) is 0. The lowest BCUT2D eigenvalue weighted by Gasteiger charge is -2.47. The SMILES string of the molecule is COc1ncccc1C(=O)N1CCCC2(C1)CN(c1ccc(F)cc1)C(=O)CO2. The fourth-order valence-electron chi connectivity index (χ4n) is 3.98. The predicted octanol–water partition coefficient (Wildman–Crippen LogP) is 2.27. The number of rotatable bonds is 3. The molecule has 0 saturated carbocycles. The second-order valence-electron chi connectivity index (χ2n) is 7.32. The van der Waals surface area contributed by atoms with E-state index in [2.05, 4.69) is 4.98 Å². The zero-order valence-electron chi connectivity index (χ0n) is 16.1. The minimum Gasteiger partial charge on any atom is -0.480 e. The Balaban J connectivity index is 1.55. The van der Waals surface area contributed by atoms with Gasteiger partial charge in [0.15, 0.2) is 0 Å². The number of pyridine rings is 1. The molecular formula is C21H22FN3O4. The third kappa shape index (κ3) is 3.80. The molecule has 3 heterocycles. The van der Waals surface area contributed by atoms with Crippen LogP contribution in [0, 0.1) is 5.82 Å². The predicted molar refractivity (Wildman–Crippen MR) is 103 cm³/mol. The van der Waals surface area contributed by atoms with E-state index in [9.17, 15) is 14.0 Å². The summed E-state index contributed by atoms with van der Waals surface area (Å²) in [7, 11) is 1.48. The summed E-state index contributed by atoms with van der Waals surface area (Å²) in [5.74, 6) is -0.434. The smallest absolute Gasteiger partial charge is 0.259 e. The van der Waals surface area contributed by atoms with E-state index in [4.69, 9.17) is 9.47 Å². The van der Waals surface area contributed by atoms with Gasteiger partial charge < -0.3 is 19.3 Å². The number of benzene rings is 1. The van der Waals surface area contributed by atoms with Crippen molar-refractivity contribution in [2.75, 3.05) is 38.3 Å². The number of morpholine rings is 1. The Bertz CT molecular complexity index is 920. The third-order valence-electron chi connectivity index (χ3n) is 5.41. The van der Waals surface area contributed by atoms with Gasteiger partial charge in [-0.3, -0.25) is 9.59 Å². The van der Waals surface area contributed by atoms with Crippen molar-refractivity contribution in [3.05, 3.63) is 54.0 Å². The summed E-state index contributed by atoms with van der Waals surface area (Å²) in [6.07, 6.45) is 3.05. The van der Waals surface area contributed by atoms with Crippen molar-refractivity contribution < 1.29 is 23.5 Å². The number of carbonyl (C=O) groups is 2. The van der Waals surface area contributed by atoms with Crippen LogP contribution in [0.2, 0.25) is 0 Å². The highest BCUT2D eigenvalue weighted by atomic mass is 19.1. The van der Waals surface area contributed by atoms with Crippen LogP contribution in [0.3, 0.4) is 0 Å². The number of anilines is 1. The summed E-state index contributed by atoms with van der Waals surface area (Å²) in [6.45, 7) is 1.18. The summed E-state index contributed by atoms with van der Waals surface area (Å²) in [5, 5.41) is 0. The molecule has 2 aliphatic rings. The zero-order valence-corrected chi connectivity index (χ0v) is 16.1. The highest BCUT2D eigenvalue weighted by molar-refractivity contribution is 5.97. The van der Waals surface area contributed by atoms with E-state index in [-0.39, 0.29) is 30.1 Å². The van der Waals surface area contributed by atoms with Gasteiger partial charge in [0.05, 0.1) is 20.2 Å². The van der Waals surface area contributed by atoms with E-state index in [1.807, 2.05) is 0 Å². The minimum absolute atomic E-state index is 0.0738. The van der Waals surface area contributed by atoms with Crippen molar-refractivity contribution >= 4 is 17.5 Å². The molecule has 2 aliphatic heterocycles. The summed E-state index contributed by atoms with van der Waals surface area (Å²) < 4.78 is 24.5. The molecule has 1 spiro atoms. The number of nitrogens with zero attached hydrogens (tertiary/aromatic N) is 3. The molecule has 0 aliphatic carbocycles. The van der Waals surface area contributed by atoms with Crippen LogP contribution in [0.15, 0.2) is 42.6 Å². The maximum absolute atomic E-state index is 13.3. The van der Waals surface area contributed by atoms with Crippen LogP contribution in [0.25, 0.3) is 0 Å². The van der Waals surface area contributed by atoms with Crippen LogP contribution >= 0.6 is 0 Å². The molecule has 2 aromatic rings. The van der Waals surface area contributed by atoms with E-state index < -0.39 is 5.60 Å². The molecule has 2 amide bonds. The van der Waals surface area contributed by atoms with E-state index in [1.165, 1.54) is 19.2 Å². The summed E-state index contributed by atoms with van der Waals surface area (Å²) in [6, 6.07) is 9.20. The topological polar surface area (TPSA) is 72.0 Å². The van der Waals surface area contributed by atoms with Crippen LogP contribution in [-0.4, -0.2) is 60.7 Å². The van der Waals surface area contributed by atoms with Gasteiger partial charge in [0.25, 0.3) is 11.8 Å². The monoisotopic (exact) mass is 399 g/mol. The molecule has 1 atom stereocenters. The molecular weight excluding hydrogens is 377 g/mol. The summed E-state index contributed by atoms with van der Waals surface area (Å²) >= 11 is 0. The highest BCUT2D eigenvalue weighted by Gasteiger charge is 2.44. The maximum atomic E-state index is 13.3. The van der Waals surface area contributed by atoms with Crippen LogP contribution in [0.4, 0.5) is 10.1 Å². The first-order valence-corrected chi connectivity index (χ1v) is 9.49. The van der Waals surface area contributed by atoms with Crippen LogP contribution < -0.4 is 9.64 Å². The normalized spacial score (nSPS) is 22.1.